The maximum absolute atomic E-state index is 12.9. The van der Waals surface area contributed by atoms with Gasteiger partial charge in [-0.1, -0.05) is 40.2 Å². The molecule has 1 fully saturated rings. The highest BCUT2D eigenvalue weighted by molar-refractivity contribution is 9.10. The molecule has 50 heavy (non-hydrogen) atoms. The Bertz CT molecular complexity index is 1780. The third-order valence-corrected chi connectivity index (χ3v) is 10.2. The van der Waals surface area contributed by atoms with E-state index in [2.05, 4.69) is 44.1 Å². The summed E-state index contributed by atoms with van der Waals surface area (Å²) in [6, 6.07) is 26.6. The maximum atomic E-state index is 12.9. The molecule has 0 radical (unpaired) electrons. The number of rotatable bonds is 11. The van der Waals surface area contributed by atoms with Crippen LogP contribution in [0.1, 0.15) is 42.6 Å². The largest absolute Gasteiger partial charge is 0.497 e. The number of halogens is 3. The Morgan fingerprint density at radius 3 is 2.12 bits per heavy atom. The molecule has 266 valence electrons. The molecule has 4 amide bonds. The van der Waals surface area contributed by atoms with Crippen LogP contribution < -0.4 is 29.3 Å². The molecule has 9 nitrogen and oxygen atoms in total. The number of anilines is 2. The van der Waals surface area contributed by atoms with Gasteiger partial charge in [0, 0.05) is 47.4 Å². The molecule has 0 aromatic heterocycles. The summed E-state index contributed by atoms with van der Waals surface area (Å²) in [5.41, 5.74) is 4.81. The van der Waals surface area contributed by atoms with Gasteiger partial charge in [0.2, 0.25) is 0 Å². The summed E-state index contributed by atoms with van der Waals surface area (Å²) in [6.45, 7) is 7.81. The molecule has 1 aliphatic rings. The van der Waals surface area contributed by atoms with E-state index in [0.717, 1.165) is 42.8 Å². The Morgan fingerprint density at radius 1 is 0.860 bits per heavy atom. The van der Waals surface area contributed by atoms with E-state index in [1.807, 2.05) is 103 Å². The molecule has 0 aliphatic carbocycles. The zero-order chi connectivity index (χ0) is 36.4. The third kappa shape index (κ3) is 9.64. The number of carbonyl (C=O) groups excluding carboxylic acids is 2. The van der Waals surface area contributed by atoms with Crippen molar-refractivity contribution in [3.8, 4) is 17.2 Å². The van der Waals surface area contributed by atoms with Crippen molar-refractivity contribution >= 4 is 66.9 Å². The summed E-state index contributed by atoms with van der Waals surface area (Å²) in [7, 11) is 4.86. The fraction of sp³-hybridized carbons (Fsp3) is 0.316. The van der Waals surface area contributed by atoms with E-state index < -0.39 is 0 Å². The zero-order valence-corrected chi connectivity index (χ0v) is 33.0. The minimum atomic E-state index is -0.231. The van der Waals surface area contributed by atoms with Gasteiger partial charge in [-0.2, -0.15) is 0 Å². The van der Waals surface area contributed by atoms with E-state index >= 15 is 0 Å². The lowest BCUT2D eigenvalue weighted by Crippen LogP contribution is -2.42. The lowest BCUT2D eigenvalue weighted by Gasteiger charge is -2.25. The van der Waals surface area contributed by atoms with E-state index in [0.29, 0.717) is 37.0 Å². The van der Waals surface area contributed by atoms with Gasteiger partial charge in [-0.15, -0.1) is 11.6 Å². The lowest BCUT2D eigenvalue weighted by atomic mass is 10.1. The van der Waals surface area contributed by atoms with Crippen molar-refractivity contribution < 1.29 is 23.8 Å². The SMILES string of the molecule is COc1cccc([C@@H](C)N2CCN(c3ccc(Br)c(C)c3)C2=O)c1.COc1cccc([C@@H](C)NC(=O)N(CCCl)c2ccc(Br)c(OC)c2)c1. The number of nitrogens with one attached hydrogen (secondary N) is 1. The molecule has 1 heterocycles. The smallest absolute Gasteiger partial charge is 0.325 e. The van der Waals surface area contributed by atoms with Gasteiger partial charge >= 0.3 is 12.1 Å². The number of carbonyl (C=O) groups is 2. The molecule has 12 heteroatoms. The van der Waals surface area contributed by atoms with Crippen LogP contribution in [0, 0.1) is 6.92 Å². The predicted molar refractivity (Wildman–Crippen MR) is 208 cm³/mol. The van der Waals surface area contributed by atoms with Crippen molar-refractivity contribution in [3.63, 3.8) is 0 Å². The monoisotopic (exact) mass is 828 g/mol. The van der Waals surface area contributed by atoms with Crippen LogP contribution in [0.15, 0.2) is 93.9 Å². The van der Waals surface area contributed by atoms with Gasteiger partial charge in [0.1, 0.15) is 17.2 Å². The van der Waals surface area contributed by atoms with Gasteiger partial charge in [-0.05, 0) is 108 Å². The van der Waals surface area contributed by atoms with Crippen molar-refractivity contribution in [2.75, 3.05) is 56.6 Å². The number of hydrogen-bond donors (Lipinski definition) is 1. The van der Waals surface area contributed by atoms with Gasteiger partial charge in [0.15, 0.2) is 0 Å². The Hall–Kier alpha value is -3.93. The first kappa shape index (κ1) is 38.9. The molecule has 1 saturated heterocycles. The van der Waals surface area contributed by atoms with Crippen LogP contribution in [-0.4, -0.2) is 63.8 Å². The highest BCUT2D eigenvalue weighted by atomic mass is 79.9. The van der Waals surface area contributed by atoms with E-state index in [9.17, 15) is 9.59 Å². The summed E-state index contributed by atoms with van der Waals surface area (Å²) in [5.74, 6) is 2.53. The minimum absolute atomic E-state index is 0.00847. The summed E-state index contributed by atoms with van der Waals surface area (Å²) >= 11 is 12.8. The number of hydrogen-bond acceptors (Lipinski definition) is 5. The zero-order valence-electron chi connectivity index (χ0n) is 29.1. The van der Waals surface area contributed by atoms with Crippen molar-refractivity contribution in [1.29, 1.82) is 0 Å². The van der Waals surface area contributed by atoms with Crippen LogP contribution in [0.25, 0.3) is 0 Å². The summed E-state index contributed by atoms with van der Waals surface area (Å²) in [6.07, 6.45) is 0. The number of benzene rings is 4. The fourth-order valence-corrected chi connectivity index (χ4v) is 6.36. The third-order valence-electron chi connectivity index (χ3n) is 8.47. The quantitative estimate of drug-likeness (QED) is 0.152. The Labute approximate surface area is 316 Å². The molecule has 5 rings (SSSR count). The summed E-state index contributed by atoms with van der Waals surface area (Å²) < 4.78 is 17.7. The molecular weight excluding hydrogens is 788 g/mol. The average molecular weight is 831 g/mol. The molecular formula is C38H43Br2ClN4O5. The second-order valence-electron chi connectivity index (χ2n) is 11.6. The van der Waals surface area contributed by atoms with Crippen molar-refractivity contribution in [2.24, 2.45) is 0 Å². The first-order valence-electron chi connectivity index (χ1n) is 16.1. The maximum Gasteiger partial charge on any atom is 0.325 e. The standard InChI is InChI=1S/C19H22BrClN2O3.C19H21BrN2O2/c1-13(14-5-4-6-16(11-14)25-2)22-19(24)23(10-9-21)15-7-8-17(20)18(12-15)26-3;1-13-11-16(7-8-18(13)20)22-10-9-21(19(22)23)14(2)15-5-4-6-17(12-15)24-3/h4-8,11-13H,9-10H2,1-3H3,(H,22,24);4-8,11-12,14H,9-10H2,1-3H3/t13-;14-/m11/s1. The van der Waals surface area contributed by atoms with Crippen LogP contribution in [0.5, 0.6) is 17.2 Å². The van der Waals surface area contributed by atoms with Crippen LogP contribution >= 0.6 is 43.5 Å². The van der Waals surface area contributed by atoms with Gasteiger partial charge in [0.05, 0.1) is 37.9 Å². The van der Waals surface area contributed by atoms with Crippen molar-refractivity contribution in [1.82, 2.24) is 10.2 Å². The Kier molecular flexibility index (Phi) is 14.3. The number of nitrogens with zero attached hydrogens (tertiary/aromatic N) is 3. The van der Waals surface area contributed by atoms with Crippen LogP contribution in [0.4, 0.5) is 21.0 Å². The molecule has 1 N–H and O–H groups in total. The molecule has 4 aromatic rings. The first-order chi connectivity index (χ1) is 24.0. The normalized spacial score (nSPS) is 13.6. The Balaban J connectivity index is 0.000000225. The van der Waals surface area contributed by atoms with Crippen molar-refractivity contribution in [3.05, 3.63) is 111 Å². The van der Waals surface area contributed by atoms with Gasteiger partial charge in [0.25, 0.3) is 0 Å². The number of methoxy groups -OCH3 is 3. The lowest BCUT2D eigenvalue weighted by molar-refractivity contribution is 0.205. The van der Waals surface area contributed by atoms with Crippen LogP contribution in [0.2, 0.25) is 0 Å². The fourth-order valence-electron chi connectivity index (χ4n) is 5.54. The molecule has 0 bridgehead atoms. The summed E-state index contributed by atoms with van der Waals surface area (Å²) in [4.78, 5) is 31.1. The predicted octanol–water partition coefficient (Wildman–Crippen LogP) is 9.75. The molecule has 1 aliphatic heterocycles. The average Bonchev–Trinajstić information content (AvgIpc) is 3.52. The molecule has 2 atom stereocenters. The van der Waals surface area contributed by atoms with Gasteiger partial charge in [-0.3, -0.25) is 9.80 Å². The molecule has 0 saturated carbocycles. The number of urea groups is 2. The number of amides is 4. The van der Waals surface area contributed by atoms with E-state index in [-0.39, 0.29) is 24.1 Å². The van der Waals surface area contributed by atoms with Crippen LogP contribution in [0.3, 0.4) is 0 Å². The second kappa shape index (κ2) is 18.3. The van der Waals surface area contributed by atoms with E-state index in [1.165, 1.54) is 0 Å². The van der Waals surface area contributed by atoms with Gasteiger partial charge < -0.3 is 24.4 Å². The van der Waals surface area contributed by atoms with Gasteiger partial charge in [-0.25, -0.2) is 9.59 Å². The highest BCUT2D eigenvalue weighted by Gasteiger charge is 2.33. The van der Waals surface area contributed by atoms with E-state index in [4.69, 9.17) is 25.8 Å². The van der Waals surface area contributed by atoms with Crippen molar-refractivity contribution in [2.45, 2.75) is 32.9 Å². The van der Waals surface area contributed by atoms with Crippen LogP contribution in [-0.2, 0) is 0 Å². The first-order valence-corrected chi connectivity index (χ1v) is 18.2. The molecule has 0 spiro atoms. The number of ether oxygens (including phenoxy) is 3. The topological polar surface area (TPSA) is 83.6 Å². The second-order valence-corrected chi connectivity index (χ2v) is 13.7. The summed E-state index contributed by atoms with van der Waals surface area (Å²) in [5, 5.41) is 3.00. The Morgan fingerprint density at radius 2 is 1.50 bits per heavy atom. The minimum Gasteiger partial charge on any atom is -0.497 e. The molecule has 0 unspecified atom stereocenters. The van der Waals surface area contributed by atoms with E-state index in [1.54, 1.807) is 32.3 Å². The number of alkyl halides is 1. The number of aryl methyl sites for hydroxylation is 1. The molecule has 4 aromatic carbocycles. The highest BCUT2D eigenvalue weighted by Crippen LogP contribution is 2.32.